The van der Waals surface area contributed by atoms with E-state index in [4.69, 9.17) is 9.47 Å². The van der Waals surface area contributed by atoms with Crippen molar-refractivity contribution in [3.63, 3.8) is 0 Å². The number of hydrogen-bond acceptors (Lipinski definition) is 5. The van der Waals surface area contributed by atoms with Crippen molar-refractivity contribution in [3.05, 3.63) is 78.4 Å². The van der Waals surface area contributed by atoms with Gasteiger partial charge in [-0.1, -0.05) is 55.0 Å². The normalized spacial score (nSPS) is 13.8. The first-order valence-corrected chi connectivity index (χ1v) is 13.3. The molecule has 1 fully saturated rings. The number of nitrogens with zero attached hydrogens (tertiary/aromatic N) is 2. The Morgan fingerprint density at radius 2 is 1.54 bits per heavy atom. The SMILES string of the molecule is COc1ccc(-c2ccccc2CNC(=O)CCCCCN2CCN(c3ccccc3OC)CC2)cc1. The van der Waals surface area contributed by atoms with E-state index in [-0.39, 0.29) is 5.91 Å². The highest BCUT2D eigenvalue weighted by atomic mass is 16.5. The number of hydrogen-bond donors (Lipinski definition) is 1. The predicted octanol–water partition coefficient (Wildman–Crippen LogP) is 5.37. The number of unbranched alkanes of at least 4 members (excludes halogenated alkanes) is 2. The maximum Gasteiger partial charge on any atom is 0.220 e. The number of piperazine rings is 1. The molecular weight excluding hydrogens is 462 g/mol. The number of benzene rings is 3. The van der Waals surface area contributed by atoms with Crippen LogP contribution in [0, 0.1) is 0 Å². The summed E-state index contributed by atoms with van der Waals surface area (Å²) in [5.74, 6) is 1.90. The number of anilines is 1. The van der Waals surface area contributed by atoms with Gasteiger partial charge in [-0.15, -0.1) is 0 Å². The van der Waals surface area contributed by atoms with E-state index in [1.807, 2.05) is 36.4 Å². The van der Waals surface area contributed by atoms with Gasteiger partial charge in [-0.3, -0.25) is 9.69 Å². The molecule has 0 spiro atoms. The Balaban J connectivity index is 1.13. The van der Waals surface area contributed by atoms with Crippen LogP contribution in [0.2, 0.25) is 0 Å². The third-order valence-corrected chi connectivity index (χ3v) is 7.07. The molecule has 1 aliphatic heterocycles. The second kappa shape index (κ2) is 13.7. The Hall–Kier alpha value is -3.51. The molecule has 1 aliphatic rings. The minimum absolute atomic E-state index is 0.120. The minimum Gasteiger partial charge on any atom is -0.497 e. The Labute approximate surface area is 221 Å². The van der Waals surface area contributed by atoms with E-state index in [1.165, 1.54) is 5.69 Å². The smallest absolute Gasteiger partial charge is 0.220 e. The number of nitrogens with one attached hydrogen (secondary N) is 1. The molecule has 6 nitrogen and oxygen atoms in total. The highest BCUT2D eigenvalue weighted by Gasteiger charge is 2.19. The first-order valence-electron chi connectivity index (χ1n) is 13.3. The second-order valence-corrected chi connectivity index (χ2v) is 9.47. The molecule has 1 heterocycles. The van der Waals surface area contributed by atoms with E-state index >= 15 is 0 Å². The van der Waals surface area contributed by atoms with Gasteiger partial charge >= 0.3 is 0 Å². The predicted molar refractivity (Wildman–Crippen MR) is 150 cm³/mol. The molecule has 1 amide bonds. The van der Waals surface area contributed by atoms with Crippen LogP contribution in [0.15, 0.2) is 72.8 Å². The highest BCUT2D eigenvalue weighted by Crippen LogP contribution is 2.28. The minimum atomic E-state index is 0.120. The van der Waals surface area contributed by atoms with Crippen LogP contribution in [0.4, 0.5) is 5.69 Å². The van der Waals surface area contributed by atoms with Crippen molar-refractivity contribution < 1.29 is 14.3 Å². The van der Waals surface area contributed by atoms with Crippen molar-refractivity contribution in [2.45, 2.75) is 32.2 Å². The van der Waals surface area contributed by atoms with Crippen LogP contribution in [-0.4, -0.2) is 57.8 Å². The summed E-state index contributed by atoms with van der Waals surface area (Å²) in [6.45, 7) is 5.79. The van der Waals surface area contributed by atoms with Gasteiger partial charge in [-0.05, 0) is 60.3 Å². The molecule has 1 saturated heterocycles. The van der Waals surface area contributed by atoms with E-state index in [1.54, 1.807) is 14.2 Å². The first-order chi connectivity index (χ1) is 18.2. The molecule has 196 valence electrons. The summed E-state index contributed by atoms with van der Waals surface area (Å²) in [6, 6.07) is 24.5. The maximum atomic E-state index is 12.5. The molecule has 0 aliphatic carbocycles. The summed E-state index contributed by atoms with van der Waals surface area (Å²) in [5, 5.41) is 3.11. The van der Waals surface area contributed by atoms with Gasteiger partial charge < -0.3 is 19.7 Å². The fourth-order valence-electron chi connectivity index (χ4n) is 4.91. The topological polar surface area (TPSA) is 54.0 Å². The molecule has 1 N–H and O–H groups in total. The number of carbonyl (C=O) groups is 1. The quantitative estimate of drug-likeness (QED) is 0.338. The summed E-state index contributed by atoms with van der Waals surface area (Å²) in [6.07, 6.45) is 3.70. The molecule has 37 heavy (non-hydrogen) atoms. The molecule has 0 bridgehead atoms. The molecule has 4 rings (SSSR count). The lowest BCUT2D eigenvalue weighted by molar-refractivity contribution is -0.121. The number of ether oxygens (including phenoxy) is 2. The van der Waals surface area contributed by atoms with E-state index in [9.17, 15) is 4.79 Å². The Morgan fingerprint density at radius 3 is 2.30 bits per heavy atom. The van der Waals surface area contributed by atoms with Crippen LogP contribution < -0.4 is 19.7 Å². The van der Waals surface area contributed by atoms with Crippen LogP contribution >= 0.6 is 0 Å². The van der Waals surface area contributed by atoms with Gasteiger partial charge in [0, 0.05) is 39.1 Å². The zero-order chi connectivity index (χ0) is 25.9. The van der Waals surface area contributed by atoms with Gasteiger partial charge in [-0.25, -0.2) is 0 Å². The fraction of sp³-hybridized carbons (Fsp3) is 0.387. The summed E-state index contributed by atoms with van der Waals surface area (Å²) in [5.41, 5.74) is 4.56. The van der Waals surface area contributed by atoms with E-state index in [0.717, 1.165) is 80.2 Å². The molecule has 0 aromatic heterocycles. The van der Waals surface area contributed by atoms with Crippen molar-refractivity contribution >= 4 is 11.6 Å². The van der Waals surface area contributed by atoms with Crippen molar-refractivity contribution in [2.75, 3.05) is 51.8 Å². The van der Waals surface area contributed by atoms with E-state index < -0.39 is 0 Å². The Kier molecular flexibility index (Phi) is 9.83. The molecule has 0 saturated carbocycles. The van der Waals surface area contributed by atoms with Crippen LogP contribution in [0.25, 0.3) is 11.1 Å². The van der Waals surface area contributed by atoms with Gasteiger partial charge in [0.15, 0.2) is 0 Å². The molecule has 0 unspecified atom stereocenters. The fourth-order valence-corrected chi connectivity index (χ4v) is 4.91. The van der Waals surface area contributed by atoms with E-state index in [2.05, 4.69) is 51.5 Å². The molecule has 3 aromatic carbocycles. The lowest BCUT2D eigenvalue weighted by Crippen LogP contribution is -2.46. The van der Waals surface area contributed by atoms with Gasteiger partial charge in [0.05, 0.1) is 19.9 Å². The molecule has 3 aromatic rings. The zero-order valence-corrected chi connectivity index (χ0v) is 22.1. The van der Waals surface area contributed by atoms with Crippen molar-refractivity contribution in [2.24, 2.45) is 0 Å². The Morgan fingerprint density at radius 1 is 0.811 bits per heavy atom. The van der Waals surface area contributed by atoms with Crippen LogP contribution in [0.1, 0.15) is 31.2 Å². The van der Waals surface area contributed by atoms with Crippen LogP contribution in [0.5, 0.6) is 11.5 Å². The standard InChI is InChI=1S/C31H39N3O3/c1-36-27-17-15-25(16-18-27)28-11-6-5-10-26(28)24-32-31(35)14-4-3-9-19-33-20-22-34(23-21-33)29-12-7-8-13-30(29)37-2/h5-8,10-13,15-18H,3-4,9,14,19-24H2,1-2H3,(H,32,35). The number of methoxy groups -OCH3 is 2. The lowest BCUT2D eigenvalue weighted by Gasteiger charge is -2.36. The molecular formula is C31H39N3O3. The summed E-state index contributed by atoms with van der Waals surface area (Å²) in [7, 11) is 3.40. The molecule has 0 radical (unpaired) electrons. The van der Waals surface area contributed by atoms with Crippen molar-refractivity contribution in [1.29, 1.82) is 0 Å². The summed E-state index contributed by atoms with van der Waals surface area (Å²) >= 11 is 0. The van der Waals surface area contributed by atoms with Gasteiger partial charge in [-0.2, -0.15) is 0 Å². The van der Waals surface area contributed by atoms with Crippen molar-refractivity contribution in [1.82, 2.24) is 10.2 Å². The van der Waals surface area contributed by atoms with Crippen LogP contribution in [-0.2, 0) is 11.3 Å². The van der Waals surface area contributed by atoms with Gasteiger partial charge in [0.1, 0.15) is 11.5 Å². The van der Waals surface area contributed by atoms with E-state index in [0.29, 0.717) is 13.0 Å². The Bertz CT molecular complexity index is 1120. The molecule has 6 heteroatoms. The third-order valence-electron chi connectivity index (χ3n) is 7.07. The van der Waals surface area contributed by atoms with Gasteiger partial charge in [0.25, 0.3) is 0 Å². The summed E-state index contributed by atoms with van der Waals surface area (Å²) < 4.78 is 10.8. The summed E-state index contributed by atoms with van der Waals surface area (Å²) in [4.78, 5) is 17.4. The average Bonchev–Trinajstić information content (AvgIpc) is 2.96. The molecule has 0 atom stereocenters. The zero-order valence-electron chi connectivity index (χ0n) is 22.1. The first kappa shape index (κ1) is 26.6. The largest absolute Gasteiger partial charge is 0.497 e. The third kappa shape index (κ3) is 7.49. The van der Waals surface area contributed by atoms with Gasteiger partial charge in [0.2, 0.25) is 5.91 Å². The average molecular weight is 502 g/mol. The second-order valence-electron chi connectivity index (χ2n) is 9.47. The number of amides is 1. The number of para-hydroxylation sites is 2. The number of rotatable bonds is 12. The maximum absolute atomic E-state index is 12.5. The lowest BCUT2D eigenvalue weighted by atomic mass is 9.99. The number of carbonyl (C=O) groups excluding carboxylic acids is 1. The van der Waals surface area contributed by atoms with Crippen LogP contribution in [0.3, 0.4) is 0 Å². The van der Waals surface area contributed by atoms with Crippen molar-refractivity contribution in [3.8, 4) is 22.6 Å². The highest BCUT2D eigenvalue weighted by molar-refractivity contribution is 5.76. The monoisotopic (exact) mass is 501 g/mol.